The third-order valence-corrected chi connectivity index (χ3v) is 4.95. The van der Waals surface area contributed by atoms with Crippen molar-refractivity contribution in [2.45, 2.75) is 19.0 Å². The van der Waals surface area contributed by atoms with Crippen molar-refractivity contribution in [3.8, 4) is 11.6 Å². The maximum Gasteiger partial charge on any atom is 0.434 e. The lowest BCUT2D eigenvalue weighted by Crippen LogP contribution is -2.24. The zero-order valence-electron chi connectivity index (χ0n) is 16.9. The fourth-order valence-electron chi connectivity index (χ4n) is 3.52. The highest BCUT2D eigenvalue weighted by atomic mass is 19.4. The molecule has 1 aliphatic heterocycles. The van der Waals surface area contributed by atoms with Gasteiger partial charge in [0.1, 0.15) is 5.75 Å². The molecule has 0 unspecified atom stereocenters. The summed E-state index contributed by atoms with van der Waals surface area (Å²) in [6, 6.07) is 8.96. The first-order chi connectivity index (χ1) is 15.3. The maximum absolute atomic E-state index is 13.8. The predicted octanol–water partition coefficient (Wildman–Crippen LogP) is 3.67. The van der Waals surface area contributed by atoms with Crippen molar-refractivity contribution in [1.29, 1.82) is 0 Å². The van der Waals surface area contributed by atoms with E-state index in [4.69, 9.17) is 4.74 Å². The van der Waals surface area contributed by atoms with Gasteiger partial charge in [0.05, 0.1) is 24.6 Å². The van der Waals surface area contributed by atoms with Crippen LogP contribution in [-0.2, 0) is 11.0 Å². The van der Waals surface area contributed by atoms with Crippen molar-refractivity contribution in [3.63, 3.8) is 0 Å². The number of nitrogens with one attached hydrogen (secondary N) is 1. The molecule has 8 nitrogen and oxygen atoms in total. The van der Waals surface area contributed by atoms with E-state index in [2.05, 4.69) is 15.4 Å². The maximum atomic E-state index is 13.8. The minimum absolute atomic E-state index is 0.0446. The zero-order valence-corrected chi connectivity index (χ0v) is 16.9. The molecule has 0 bridgehead atoms. The number of anilines is 2. The largest absolute Gasteiger partial charge is 0.494 e. The Bertz CT molecular complexity index is 1160. The molecule has 2 aromatic heterocycles. The van der Waals surface area contributed by atoms with Gasteiger partial charge in [-0.3, -0.25) is 9.59 Å². The Hall–Kier alpha value is -3.89. The van der Waals surface area contributed by atoms with Crippen molar-refractivity contribution in [2.24, 2.45) is 0 Å². The lowest BCUT2D eigenvalue weighted by Gasteiger charge is -2.19. The predicted molar refractivity (Wildman–Crippen MR) is 109 cm³/mol. The average Bonchev–Trinajstić information content (AvgIpc) is 3.41. The Labute approximate surface area is 180 Å². The molecule has 3 aromatic rings. The molecule has 166 valence electrons. The molecule has 0 radical (unpaired) electrons. The number of alkyl halides is 3. The molecule has 0 atom stereocenters. The van der Waals surface area contributed by atoms with Gasteiger partial charge in [0.2, 0.25) is 5.91 Å². The zero-order chi connectivity index (χ0) is 22.9. The Morgan fingerprint density at radius 3 is 2.66 bits per heavy atom. The summed E-state index contributed by atoms with van der Waals surface area (Å²) in [5.41, 5.74) is -1.14. The summed E-state index contributed by atoms with van der Waals surface area (Å²) in [5, 5.41) is 6.17. The number of halogens is 3. The molecule has 0 spiro atoms. The number of benzene rings is 1. The summed E-state index contributed by atoms with van der Waals surface area (Å²) in [4.78, 5) is 30.2. The Kier molecular flexibility index (Phi) is 5.56. The summed E-state index contributed by atoms with van der Waals surface area (Å²) in [5.74, 6) is -0.790. The summed E-state index contributed by atoms with van der Waals surface area (Å²) >= 11 is 0. The lowest BCUT2D eigenvalue weighted by molar-refractivity contribution is -0.143. The highest BCUT2D eigenvalue weighted by molar-refractivity contribution is 6.05. The molecule has 1 saturated heterocycles. The minimum Gasteiger partial charge on any atom is -0.494 e. The number of rotatable bonds is 5. The van der Waals surface area contributed by atoms with Crippen LogP contribution in [0.5, 0.6) is 5.75 Å². The molecule has 1 N–H and O–H groups in total. The number of methoxy groups -OCH3 is 1. The summed E-state index contributed by atoms with van der Waals surface area (Å²) in [6.07, 6.45) is -1.52. The fraction of sp³-hybridized carbons (Fsp3) is 0.238. The molecular weight excluding hydrogens is 427 g/mol. The second-order valence-electron chi connectivity index (χ2n) is 6.99. The van der Waals surface area contributed by atoms with Gasteiger partial charge in [-0.2, -0.15) is 18.3 Å². The number of hydrogen-bond acceptors (Lipinski definition) is 5. The Balaban J connectivity index is 1.65. The monoisotopic (exact) mass is 445 g/mol. The van der Waals surface area contributed by atoms with Crippen LogP contribution in [0.25, 0.3) is 5.82 Å². The van der Waals surface area contributed by atoms with Crippen LogP contribution in [-0.4, -0.2) is 40.2 Å². The van der Waals surface area contributed by atoms with E-state index in [9.17, 15) is 22.8 Å². The number of hydrogen-bond donors (Lipinski definition) is 1. The van der Waals surface area contributed by atoms with E-state index in [0.29, 0.717) is 29.1 Å². The normalized spacial score (nSPS) is 14.0. The number of carbonyl (C=O) groups excluding carboxylic acids is 2. The minimum atomic E-state index is -4.85. The van der Waals surface area contributed by atoms with Crippen LogP contribution in [0, 0.1) is 0 Å². The molecule has 4 rings (SSSR count). The second kappa shape index (κ2) is 8.33. The molecule has 1 fully saturated rings. The number of aromatic nitrogens is 3. The molecule has 32 heavy (non-hydrogen) atoms. The van der Waals surface area contributed by atoms with Gasteiger partial charge in [0.15, 0.2) is 11.5 Å². The van der Waals surface area contributed by atoms with Crippen molar-refractivity contribution >= 4 is 23.2 Å². The van der Waals surface area contributed by atoms with Gasteiger partial charge in [-0.15, -0.1) is 0 Å². The third-order valence-electron chi connectivity index (χ3n) is 4.95. The van der Waals surface area contributed by atoms with Crippen LogP contribution in [0.15, 0.2) is 48.8 Å². The highest BCUT2D eigenvalue weighted by Crippen LogP contribution is 2.36. The first kappa shape index (κ1) is 21.3. The van der Waals surface area contributed by atoms with E-state index in [1.165, 1.54) is 37.6 Å². The lowest BCUT2D eigenvalue weighted by atomic mass is 10.2. The first-order valence-electron chi connectivity index (χ1n) is 9.66. The average molecular weight is 445 g/mol. The molecule has 3 heterocycles. The van der Waals surface area contributed by atoms with E-state index in [1.807, 2.05) is 0 Å². The SMILES string of the molecule is COc1cc(NC(=O)c2cnn(-c3ccccn3)c2C(F)(F)F)ccc1N1CCCC1=O. The van der Waals surface area contributed by atoms with Crippen molar-refractivity contribution in [1.82, 2.24) is 14.8 Å². The first-order valence-corrected chi connectivity index (χ1v) is 9.66. The number of nitrogens with zero attached hydrogens (tertiary/aromatic N) is 4. The molecule has 1 aromatic carbocycles. The smallest absolute Gasteiger partial charge is 0.434 e. The van der Waals surface area contributed by atoms with Gasteiger partial charge in [-0.05, 0) is 30.7 Å². The topological polar surface area (TPSA) is 89.3 Å². The van der Waals surface area contributed by atoms with Crippen molar-refractivity contribution < 1.29 is 27.5 Å². The Morgan fingerprint density at radius 1 is 1.22 bits per heavy atom. The second-order valence-corrected chi connectivity index (χ2v) is 6.99. The molecule has 0 saturated carbocycles. The molecule has 0 aliphatic carbocycles. The standard InChI is InChI=1S/C21H18F3N5O3/c1-32-16-11-13(7-8-15(16)28-10-4-6-18(28)30)27-20(31)14-12-26-29(19(14)21(22,23)24)17-5-2-3-9-25-17/h2-3,5,7-9,11-12H,4,6,10H2,1H3,(H,27,31). The molecule has 2 amide bonds. The summed E-state index contributed by atoms with van der Waals surface area (Å²) in [6.45, 7) is 0.544. The third kappa shape index (κ3) is 4.01. The van der Waals surface area contributed by atoms with Gasteiger partial charge >= 0.3 is 6.18 Å². The van der Waals surface area contributed by atoms with E-state index in [1.54, 1.807) is 17.0 Å². The summed E-state index contributed by atoms with van der Waals surface area (Å²) < 4.78 is 47.3. The highest BCUT2D eigenvalue weighted by Gasteiger charge is 2.41. The van der Waals surface area contributed by atoms with Gasteiger partial charge < -0.3 is 15.0 Å². The quantitative estimate of drug-likeness (QED) is 0.647. The van der Waals surface area contributed by atoms with Crippen LogP contribution in [0.1, 0.15) is 28.9 Å². The van der Waals surface area contributed by atoms with E-state index < -0.39 is 23.3 Å². The fourth-order valence-corrected chi connectivity index (χ4v) is 3.52. The molecule has 1 aliphatic rings. The van der Waals surface area contributed by atoms with Crippen molar-refractivity contribution in [3.05, 3.63) is 60.0 Å². The van der Waals surface area contributed by atoms with E-state index in [0.717, 1.165) is 12.6 Å². The van der Waals surface area contributed by atoms with Crippen molar-refractivity contribution in [2.75, 3.05) is 23.9 Å². The van der Waals surface area contributed by atoms with Crippen LogP contribution < -0.4 is 15.0 Å². The van der Waals surface area contributed by atoms with Gasteiger partial charge in [-0.1, -0.05) is 6.07 Å². The van der Waals surface area contributed by atoms with Crippen LogP contribution >= 0.6 is 0 Å². The van der Waals surface area contributed by atoms with Crippen LogP contribution in [0.4, 0.5) is 24.5 Å². The summed E-state index contributed by atoms with van der Waals surface area (Å²) in [7, 11) is 1.41. The molecular formula is C21H18F3N5O3. The molecule has 11 heteroatoms. The van der Waals surface area contributed by atoms with E-state index >= 15 is 0 Å². The number of ether oxygens (including phenoxy) is 1. The van der Waals surface area contributed by atoms with Crippen LogP contribution in [0.2, 0.25) is 0 Å². The van der Waals surface area contributed by atoms with Gasteiger partial charge in [0.25, 0.3) is 5.91 Å². The van der Waals surface area contributed by atoms with E-state index in [-0.39, 0.29) is 17.4 Å². The van der Waals surface area contributed by atoms with Crippen LogP contribution in [0.3, 0.4) is 0 Å². The number of pyridine rings is 1. The number of carbonyl (C=O) groups is 2. The number of amides is 2. The van der Waals surface area contributed by atoms with Gasteiger partial charge in [-0.25, -0.2) is 9.67 Å². The van der Waals surface area contributed by atoms with Gasteiger partial charge in [0, 0.05) is 30.9 Å². The Morgan fingerprint density at radius 2 is 2.03 bits per heavy atom.